The third-order valence-corrected chi connectivity index (χ3v) is 3.43. The van der Waals surface area contributed by atoms with Crippen LogP contribution in [-0.4, -0.2) is 27.1 Å². The van der Waals surface area contributed by atoms with Gasteiger partial charge in [0.05, 0.1) is 6.20 Å². The summed E-state index contributed by atoms with van der Waals surface area (Å²) in [4.78, 5) is 12.2. The van der Waals surface area contributed by atoms with Gasteiger partial charge in [0.2, 0.25) is 5.91 Å². The smallest absolute Gasteiger partial charge is 0.234 e. The molecule has 0 aliphatic heterocycles. The Hall–Kier alpha value is -2.05. The first-order valence-corrected chi connectivity index (χ1v) is 5.82. The fraction of sp³-hybridized carbons (Fsp3) is 0.545. The molecule has 7 heteroatoms. The van der Waals surface area contributed by atoms with Gasteiger partial charge in [-0.05, 0) is 18.8 Å². The summed E-state index contributed by atoms with van der Waals surface area (Å²) in [5, 5.41) is 21.0. The number of amides is 1. The third-order valence-electron chi connectivity index (χ3n) is 3.43. The number of rotatable bonds is 4. The minimum Gasteiger partial charge on any atom is -0.409 e. The average molecular weight is 251 g/mol. The molecule has 1 saturated carbocycles. The van der Waals surface area contributed by atoms with Crippen LogP contribution in [0.25, 0.3) is 0 Å². The summed E-state index contributed by atoms with van der Waals surface area (Å²) in [6, 6.07) is 0. The first kappa shape index (κ1) is 12.4. The van der Waals surface area contributed by atoms with E-state index < -0.39 is 5.41 Å². The van der Waals surface area contributed by atoms with E-state index in [2.05, 4.69) is 20.7 Å². The predicted octanol–water partition coefficient (Wildman–Crippen LogP) is 0.189. The minimum atomic E-state index is -0.849. The first-order valence-electron chi connectivity index (χ1n) is 5.82. The number of oxime groups is 1. The van der Waals surface area contributed by atoms with E-state index in [9.17, 15) is 4.79 Å². The van der Waals surface area contributed by atoms with Gasteiger partial charge in [-0.3, -0.25) is 9.89 Å². The van der Waals surface area contributed by atoms with E-state index in [4.69, 9.17) is 10.9 Å². The topological polar surface area (TPSA) is 116 Å². The van der Waals surface area contributed by atoms with Crippen molar-refractivity contribution in [2.75, 3.05) is 0 Å². The van der Waals surface area contributed by atoms with Crippen LogP contribution >= 0.6 is 0 Å². The number of aromatic nitrogens is 2. The fourth-order valence-corrected chi connectivity index (χ4v) is 2.46. The number of hydrogen-bond donors (Lipinski definition) is 4. The molecule has 1 aliphatic rings. The van der Waals surface area contributed by atoms with Gasteiger partial charge in [-0.1, -0.05) is 12.1 Å². The standard InChI is InChI=1S/C11H17N5O2/c1-7-2-11(3-7,9(12)16-18)10(17)13-4-8-5-14-15-6-8/h5-7,18H,2-4H2,1H3,(H2,12,16)(H,13,17)(H,14,15). The molecule has 0 aromatic carbocycles. The number of nitrogens with one attached hydrogen (secondary N) is 2. The van der Waals surface area contributed by atoms with Crippen molar-refractivity contribution in [3.63, 3.8) is 0 Å². The molecule has 0 unspecified atom stereocenters. The van der Waals surface area contributed by atoms with Crippen LogP contribution in [0, 0.1) is 11.3 Å². The maximum Gasteiger partial charge on any atom is 0.234 e. The molecule has 1 aromatic rings. The largest absolute Gasteiger partial charge is 0.409 e. The van der Waals surface area contributed by atoms with Crippen LogP contribution < -0.4 is 11.1 Å². The highest BCUT2D eigenvalue weighted by atomic mass is 16.4. The second-order valence-corrected chi connectivity index (χ2v) is 4.87. The van der Waals surface area contributed by atoms with Crippen molar-refractivity contribution in [1.29, 1.82) is 0 Å². The lowest BCUT2D eigenvalue weighted by atomic mass is 9.61. The molecule has 5 N–H and O–H groups in total. The van der Waals surface area contributed by atoms with E-state index in [0.717, 1.165) is 5.56 Å². The number of carbonyl (C=O) groups is 1. The summed E-state index contributed by atoms with van der Waals surface area (Å²) >= 11 is 0. The van der Waals surface area contributed by atoms with E-state index in [1.165, 1.54) is 0 Å². The molecule has 1 amide bonds. The van der Waals surface area contributed by atoms with Crippen molar-refractivity contribution in [2.45, 2.75) is 26.3 Å². The molecule has 1 heterocycles. The van der Waals surface area contributed by atoms with Gasteiger partial charge in [-0.2, -0.15) is 5.10 Å². The highest BCUT2D eigenvalue weighted by Crippen LogP contribution is 2.45. The molecule has 1 aromatic heterocycles. The fourth-order valence-electron chi connectivity index (χ4n) is 2.46. The highest BCUT2D eigenvalue weighted by molar-refractivity contribution is 6.07. The molecule has 0 saturated heterocycles. The van der Waals surface area contributed by atoms with Crippen LogP contribution in [0.1, 0.15) is 25.3 Å². The highest BCUT2D eigenvalue weighted by Gasteiger charge is 2.52. The molecule has 2 rings (SSSR count). The van der Waals surface area contributed by atoms with Crippen LogP contribution in [0.2, 0.25) is 0 Å². The second-order valence-electron chi connectivity index (χ2n) is 4.87. The lowest BCUT2D eigenvalue weighted by Gasteiger charge is -2.43. The van der Waals surface area contributed by atoms with Gasteiger partial charge in [0.25, 0.3) is 0 Å². The normalized spacial score (nSPS) is 27.6. The Kier molecular flexibility index (Phi) is 3.22. The van der Waals surface area contributed by atoms with Crippen LogP contribution in [-0.2, 0) is 11.3 Å². The Balaban J connectivity index is 2.01. The molecule has 98 valence electrons. The molecule has 0 spiro atoms. The third kappa shape index (κ3) is 2.03. The zero-order valence-corrected chi connectivity index (χ0v) is 10.2. The Morgan fingerprint density at radius 2 is 2.50 bits per heavy atom. The quantitative estimate of drug-likeness (QED) is 0.264. The Morgan fingerprint density at radius 3 is 3.00 bits per heavy atom. The van der Waals surface area contributed by atoms with Crippen molar-refractivity contribution in [2.24, 2.45) is 22.2 Å². The molecular weight excluding hydrogens is 234 g/mol. The van der Waals surface area contributed by atoms with Gasteiger partial charge in [-0.15, -0.1) is 0 Å². The van der Waals surface area contributed by atoms with Gasteiger partial charge in [0, 0.05) is 18.3 Å². The summed E-state index contributed by atoms with van der Waals surface area (Å²) in [7, 11) is 0. The lowest BCUT2D eigenvalue weighted by Crippen LogP contribution is -2.56. The summed E-state index contributed by atoms with van der Waals surface area (Å²) in [5.41, 5.74) is 5.68. The Morgan fingerprint density at radius 1 is 1.78 bits per heavy atom. The van der Waals surface area contributed by atoms with Crippen LogP contribution in [0.3, 0.4) is 0 Å². The second kappa shape index (κ2) is 4.67. The number of amidine groups is 1. The molecule has 0 atom stereocenters. The van der Waals surface area contributed by atoms with E-state index in [1.54, 1.807) is 12.4 Å². The van der Waals surface area contributed by atoms with E-state index in [1.807, 2.05) is 6.92 Å². The number of hydrogen-bond acceptors (Lipinski definition) is 4. The van der Waals surface area contributed by atoms with Gasteiger partial charge in [0.1, 0.15) is 5.41 Å². The van der Waals surface area contributed by atoms with Crippen LogP contribution in [0.15, 0.2) is 17.5 Å². The first-order chi connectivity index (χ1) is 8.58. The van der Waals surface area contributed by atoms with Gasteiger partial charge < -0.3 is 16.3 Å². The van der Waals surface area contributed by atoms with Gasteiger partial charge >= 0.3 is 0 Å². The summed E-state index contributed by atoms with van der Waals surface area (Å²) in [6.07, 6.45) is 4.57. The zero-order chi connectivity index (χ0) is 13.2. The average Bonchev–Trinajstić information content (AvgIpc) is 2.83. The molecule has 7 nitrogen and oxygen atoms in total. The van der Waals surface area contributed by atoms with E-state index >= 15 is 0 Å². The van der Waals surface area contributed by atoms with Crippen molar-refractivity contribution < 1.29 is 10.0 Å². The molecule has 0 bridgehead atoms. The maximum atomic E-state index is 12.2. The number of nitrogens with two attached hydrogens (primary N) is 1. The number of carbonyl (C=O) groups excluding carboxylic acids is 1. The van der Waals surface area contributed by atoms with E-state index in [-0.39, 0.29) is 11.7 Å². The lowest BCUT2D eigenvalue weighted by molar-refractivity contribution is -0.133. The van der Waals surface area contributed by atoms with Crippen molar-refractivity contribution >= 4 is 11.7 Å². The SMILES string of the molecule is CC1CC(C(=O)NCc2cn[nH]c2)(C(N)=NO)C1. The molecule has 18 heavy (non-hydrogen) atoms. The summed E-state index contributed by atoms with van der Waals surface area (Å²) in [6.45, 7) is 2.41. The van der Waals surface area contributed by atoms with Gasteiger partial charge in [-0.25, -0.2) is 0 Å². The number of H-pyrrole nitrogens is 1. The summed E-state index contributed by atoms with van der Waals surface area (Å²) < 4.78 is 0. The van der Waals surface area contributed by atoms with Gasteiger partial charge in [0.15, 0.2) is 5.84 Å². The Labute approximate surface area is 104 Å². The van der Waals surface area contributed by atoms with Crippen molar-refractivity contribution in [3.8, 4) is 0 Å². The summed E-state index contributed by atoms with van der Waals surface area (Å²) in [5.74, 6) is 0.201. The molecule has 1 fully saturated rings. The van der Waals surface area contributed by atoms with E-state index in [0.29, 0.717) is 25.3 Å². The molecule has 1 aliphatic carbocycles. The monoisotopic (exact) mass is 251 g/mol. The minimum absolute atomic E-state index is 0.00899. The maximum absolute atomic E-state index is 12.2. The van der Waals surface area contributed by atoms with Crippen LogP contribution in [0.4, 0.5) is 0 Å². The molecular formula is C11H17N5O2. The number of aromatic amines is 1. The predicted molar refractivity (Wildman–Crippen MR) is 64.7 cm³/mol. The number of nitrogens with zero attached hydrogens (tertiary/aromatic N) is 2. The zero-order valence-electron chi connectivity index (χ0n) is 10.2. The van der Waals surface area contributed by atoms with Crippen LogP contribution in [0.5, 0.6) is 0 Å². The Bertz CT molecular complexity index is 448. The van der Waals surface area contributed by atoms with Crippen molar-refractivity contribution in [3.05, 3.63) is 18.0 Å². The van der Waals surface area contributed by atoms with Crippen molar-refractivity contribution in [1.82, 2.24) is 15.5 Å². The molecule has 0 radical (unpaired) electrons.